The summed E-state index contributed by atoms with van der Waals surface area (Å²) in [6, 6.07) is -47.6. The Morgan fingerprint density at radius 2 is 0.652 bits per heavy atom. The van der Waals surface area contributed by atoms with Crippen LogP contribution in [0.25, 0.3) is 104 Å². The van der Waals surface area contributed by atoms with E-state index in [0.29, 0.717) is 4.57 Å². The van der Waals surface area contributed by atoms with Gasteiger partial charge in [0.15, 0.2) is 0 Å². The van der Waals surface area contributed by atoms with Crippen LogP contribution < -0.4 is 4.90 Å². The van der Waals surface area contributed by atoms with Gasteiger partial charge in [-0.05, 0) is 149 Å². The predicted molar refractivity (Wildman–Crippen MR) is 282 cm³/mol. The van der Waals surface area contributed by atoms with Gasteiger partial charge >= 0.3 is 0 Å². The summed E-state index contributed by atoms with van der Waals surface area (Å²) in [5.74, 6) is 0. The topological polar surface area (TPSA) is 8.17 Å². The van der Waals surface area contributed by atoms with Crippen LogP contribution in [-0.4, -0.2) is 4.57 Å². The van der Waals surface area contributed by atoms with Gasteiger partial charge in [-0.25, -0.2) is 0 Å². The molecule has 0 N–H and O–H groups in total. The van der Waals surface area contributed by atoms with Gasteiger partial charge in [-0.1, -0.05) is 181 Å². The van der Waals surface area contributed by atoms with Gasteiger partial charge in [-0.3, -0.25) is 0 Å². The number of benzene rings is 12. The fraction of sp³-hybridized carbons (Fsp3) is 0. The monoisotopic (exact) mass is 881 g/mol. The molecule has 0 saturated heterocycles. The van der Waals surface area contributed by atoms with E-state index in [4.69, 9.17) is 30.2 Å². The highest BCUT2D eigenvalue weighted by atomic mass is 15.1. The van der Waals surface area contributed by atoms with Crippen LogP contribution in [0.5, 0.6) is 0 Å². The van der Waals surface area contributed by atoms with Gasteiger partial charge in [0.1, 0.15) is 0 Å². The van der Waals surface area contributed by atoms with Crippen LogP contribution in [0.15, 0.2) is 254 Å². The van der Waals surface area contributed by atoms with E-state index in [2.05, 4.69) is 0 Å². The first kappa shape index (κ1) is 14.7. The molecule has 0 aliphatic carbocycles. The van der Waals surface area contributed by atoms with Crippen molar-refractivity contribution in [2.24, 2.45) is 0 Å². The molecule has 308 valence electrons. The molecule has 13 aromatic rings. The Morgan fingerprint density at radius 3 is 1.12 bits per heavy atom. The summed E-state index contributed by atoms with van der Waals surface area (Å²) in [6.07, 6.45) is 0. The highest BCUT2D eigenvalue weighted by Gasteiger charge is 2.17. The number of hydrogen-bond acceptors (Lipinski definition) is 1. The molecule has 0 spiro atoms. The molecule has 1 heterocycles. The largest absolute Gasteiger partial charge is 0.311 e. The molecule has 1 aromatic heterocycles. The second-order valence-corrected chi connectivity index (χ2v) is 14.0. The standard InChI is InChI=1S/C64H42N2/c1-3-18-53-47(14-1)41-61(57-22-7-5-20-55(53)57)44-30-36-50(37-31-44)65(51-38-32-45(33-39-51)62-42-48-15-2-4-19-54(48)56-21-6-8-23-58(56)62)49-34-28-43(29-35-49)46-16-13-17-52(40-46)66-63-26-11-9-24-59(63)60-25-10-12-27-64(60)66/h1-42H/i1D,2D,3D,4D,5D,6D,7D,8D,9D,10D,11D,12D,13D,14D,15D,16D,17D,18D,19D,20D,21D,22D,23D,24D,25D,26D,27D,28D,29D,30D,31D,32D,33D,34D,35D,36D,37D,38D,39D,40D,41D,42D. The Labute approximate surface area is 442 Å². The lowest BCUT2D eigenvalue weighted by Gasteiger charge is -2.26. The van der Waals surface area contributed by atoms with Gasteiger partial charge < -0.3 is 9.47 Å². The predicted octanol–water partition coefficient (Wildman–Crippen LogP) is 17.9. The van der Waals surface area contributed by atoms with E-state index in [0.717, 1.165) is 0 Å². The molecule has 0 unspecified atom stereocenters. The van der Waals surface area contributed by atoms with Crippen LogP contribution in [0.2, 0.25) is 0 Å². The number of rotatable bonds is 7. The second-order valence-electron chi connectivity index (χ2n) is 14.0. The first-order valence-electron chi connectivity index (χ1n) is 40.3. The molecule has 0 amide bonds. The molecule has 13 rings (SSSR count). The Bertz CT molecular complexity index is 6110. The van der Waals surface area contributed by atoms with Crippen LogP contribution in [0.3, 0.4) is 0 Å². The van der Waals surface area contributed by atoms with Gasteiger partial charge in [0, 0.05) is 33.5 Å². The third kappa shape index (κ3) is 6.26. The van der Waals surface area contributed by atoms with Crippen molar-refractivity contribution in [3.63, 3.8) is 0 Å². The van der Waals surface area contributed by atoms with Crippen molar-refractivity contribution < 1.29 is 57.6 Å². The van der Waals surface area contributed by atoms with Gasteiger partial charge in [0.05, 0.1) is 68.6 Å². The molecule has 12 aromatic carbocycles. The number of para-hydroxylation sites is 2. The Balaban J connectivity index is 1.19. The number of nitrogens with zero attached hydrogens (tertiary/aromatic N) is 2. The quantitative estimate of drug-likeness (QED) is 0.145. The average Bonchev–Trinajstić information content (AvgIpc) is 1.35. The molecule has 0 aliphatic rings. The smallest absolute Gasteiger partial charge is 0.0651 e. The van der Waals surface area contributed by atoms with Crippen LogP contribution in [0.1, 0.15) is 57.6 Å². The molecule has 0 bridgehead atoms. The molecule has 0 saturated carbocycles. The van der Waals surface area contributed by atoms with Crippen LogP contribution in [0, 0.1) is 0 Å². The fourth-order valence-electron chi connectivity index (χ4n) is 7.49. The van der Waals surface area contributed by atoms with Crippen molar-refractivity contribution in [3.05, 3.63) is 254 Å². The van der Waals surface area contributed by atoms with Gasteiger partial charge in [-0.15, -0.1) is 0 Å². The van der Waals surface area contributed by atoms with E-state index < -0.39 is 375 Å². The first-order chi connectivity index (χ1) is 50.2. The van der Waals surface area contributed by atoms with Gasteiger partial charge in [0.25, 0.3) is 0 Å². The van der Waals surface area contributed by atoms with E-state index >= 15 is 0 Å². The maximum absolute atomic E-state index is 9.97. The molecule has 0 atom stereocenters. The Kier molecular flexibility index (Phi) is 3.44. The van der Waals surface area contributed by atoms with E-state index in [1.165, 1.54) is 0 Å². The minimum atomic E-state index is -1.51. The SMILES string of the molecule is [2H]c1c([2H])c(-c2c([2H])c([2H])c(N(c3c([2H])c([2H])c(-c4c([2H])c5c([2H])c([2H])c([2H])c([2H])c5c5c([2H])c([2H])c([2H])c([2H])c45)c([2H])c3[2H])c3c([2H])c([2H])c(-c4c([2H])c5c([2H])c([2H])c([2H])c([2H])c5c5c([2H])c([2H])c([2H])c([2H])c45)c([2H])c3[2H])c([2H])c2[2H])c([2H])c(-n2c3c([2H])c([2H])c([2H])c([2H])c3c3c([2H])c([2H])c([2H])c([2H])c32)c1[2H]. The van der Waals surface area contributed by atoms with Gasteiger partial charge in [-0.2, -0.15) is 0 Å². The lowest BCUT2D eigenvalue weighted by Crippen LogP contribution is -2.09. The average molecular weight is 881 g/mol. The maximum Gasteiger partial charge on any atom is 0.0651 e. The lowest BCUT2D eigenvalue weighted by molar-refractivity contribution is 1.18. The van der Waals surface area contributed by atoms with E-state index in [1.54, 1.807) is 0 Å². The normalized spacial score (nSPS) is 20.5. The maximum atomic E-state index is 9.97. The van der Waals surface area contributed by atoms with Crippen LogP contribution in [-0.2, 0) is 0 Å². The highest BCUT2D eigenvalue weighted by molar-refractivity contribution is 6.15. The number of fused-ring (bicyclic) bond motifs is 9. The molecule has 0 aliphatic heterocycles. The van der Waals surface area contributed by atoms with Crippen molar-refractivity contribution in [2.75, 3.05) is 4.90 Å². The van der Waals surface area contributed by atoms with Crippen molar-refractivity contribution in [2.45, 2.75) is 0 Å². The molecular formula is C64H42N2. The summed E-state index contributed by atoms with van der Waals surface area (Å²) in [4.78, 5) is 0.154. The molecule has 66 heavy (non-hydrogen) atoms. The first-order valence-corrected chi connectivity index (χ1v) is 19.3. The highest BCUT2D eigenvalue weighted by Crippen LogP contribution is 2.42. The van der Waals surface area contributed by atoms with Crippen LogP contribution in [0.4, 0.5) is 17.1 Å². The number of hydrogen-bond donors (Lipinski definition) is 0. The zero-order valence-corrected chi connectivity index (χ0v) is 32.9. The molecule has 0 radical (unpaired) electrons. The van der Waals surface area contributed by atoms with Crippen LogP contribution >= 0.6 is 0 Å². The molecule has 0 fully saturated rings. The summed E-state index contributed by atoms with van der Waals surface area (Å²) >= 11 is 0. The summed E-state index contributed by atoms with van der Waals surface area (Å²) < 4.78 is 388. The Hall–Kier alpha value is -8.72. The minimum absolute atomic E-state index is 0.154. The summed E-state index contributed by atoms with van der Waals surface area (Å²) in [6.45, 7) is 0. The van der Waals surface area contributed by atoms with E-state index in [1.807, 2.05) is 0 Å². The second kappa shape index (κ2) is 15.5. The summed E-state index contributed by atoms with van der Waals surface area (Å²) in [7, 11) is 0. The Morgan fingerprint density at radius 1 is 0.273 bits per heavy atom. The molecular weight excluding hydrogens is 797 g/mol. The molecule has 2 nitrogen and oxygen atoms in total. The fourth-order valence-corrected chi connectivity index (χ4v) is 7.49. The van der Waals surface area contributed by atoms with Crippen molar-refractivity contribution >= 4 is 82.0 Å². The third-order valence-electron chi connectivity index (χ3n) is 10.4. The third-order valence-corrected chi connectivity index (χ3v) is 10.4. The lowest BCUT2D eigenvalue weighted by atomic mass is 9.93. The van der Waals surface area contributed by atoms with Crippen molar-refractivity contribution in [1.82, 2.24) is 4.57 Å². The molecule has 2 heteroatoms. The van der Waals surface area contributed by atoms with Crippen molar-refractivity contribution in [3.8, 4) is 39.1 Å². The van der Waals surface area contributed by atoms with E-state index in [9.17, 15) is 27.4 Å². The van der Waals surface area contributed by atoms with Crippen molar-refractivity contribution in [1.29, 1.82) is 0 Å². The van der Waals surface area contributed by atoms with E-state index in [-0.39, 0.29) is 4.90 Å². The zero-order chi connectivity index (χ0) is 80.1. The summed E-state index contributed by atoms with van der Waals surface area (Å²) in [5, 5.41) is -7.03. The van der Waals surface area contributed by atoms with Gasteiger partial charge in [0.2, 0.25) is 0 Å². The zero-order valence-electron chi connectivity index (χ0n) is 74.9. The number of aromatic nitrogens is 1. The number of anilines is 3. The minimum Gasteiger partial charge on any atom is -0.311 e. The summed E-state index contributed by atoms with van der Waals surface area (Å²) in [5.41, 5.74) is -12.9.